The van der Waals surface area contributed by atoms with E-state index in [-0.39, 0.29) is 0 Å². The van der Waals surface area contributed by atoms with Gasteiger partial charge in [0.1, 0.15) is 6.33 Å². The summed E-state index contributed by atoms with van der Waals surface area (Å²) in [6.07, 6.45) is 8.36. The van der Waals surface area contributed by atoms with Crippen LogP contribution < -0.4 is 0 Å². The van der Waals surface area contributed by atoms with E-state index in [0.717, 1.165) is 12.1 Å². The summed E-state index contributed by atoms with van der Waals surface area (Å²) in [7, 11) is 0. The molecule has 0 saturated heterocycles. The summed E-state index contributed by atoms with van der Waals surface area (Å²) >= 11 is 0. The molecule has 2 heteroatoms. The van der Waals surface area contributed by atoms with E-state index in [4.69, 9.17) is 0 Å². The molecule has 0 saturated carbocycles. The van der Waals surface area contributed by atoms with E-state index in [1.807, 2.05) is 6.92 Å². The Morgan fingerprint density at radius 1 is 1.38 bits per heavy atom. The highest BCUT2D eigenvalue weighted by atomic mass is 14.8. The molecule has 0 radical (unpaired) electrons. The molecule has 1 aliphatic rings. The molecule has 68 valence electrons. The predicted octanol–water partition coefficient (Wildman–Crippen LogP) is 2.38. The second-order valence-electron chi connectivity index (χ2n) is 3.69. The minimum atomic E-state index is 0.661. The lowest BCUT2D eigenvalue weighted by atomic mass is 10.1. The van der Waals surface area contributed by atoms with Crippen LogP contribution in [-0.4, -0.2) is 9.97 Å². The van der Waals surface area contributed by atoms with Crippen molar-refractivity contribution in [2.24, 2.45) is 5.92 Å². The molecule has 1 aromatic heterocycles. The van der Waals surface area contributed by atoms with Crippen LogP contribution in [0.2, 0.25) is 0 Å². The van der Waals surface area contributed by atoms with Crippen molar-refractivity contribution in [2.45, 2.75) is 26.7 Å². The molecular formula is C11H14N2. The zero-order valence-electron chi connectivity index (χ0n) is 8.12. The first-order valence-corrected chi connectivity index (χ1v) is 4.76. The van der Waals surface area contributed by atoms with Crippen LogP contribution in [0, 0.1) is 12.8 Å². The Hall–Kier alpha value is -1.18. The van der Waals surface area contributed by atoms with Gasteiger partial charge in [0, 0.05) is 11.3 Å². The van der Waals surface area contributed by atoms with Gasteiger partial charge in [0.05, 0.1) is 5.69 Å². The van der Waals surface area contributed by atoms with Gasteiger partial charge in [0.25, 0.3) is 0 Å². The molecule has 0 bridgehead atoms. The molecule has 2 rings (SSSR count). The standard InChI is InChI=1S/C11H14N2/c1-8-3-5-10-9(2)12-7-13-11(10)6-4-8/h3,5,7-8H,4,6H2,1-2H3. The van der Waals surface area contributed by atoms with Gasteiger partial charge in [0.2, 0.25) is 0 Å². The third kappa shape index (κ3) is 1.62. The molecule has 1 unspecified atom stereocenters. The minimum absolute atomic E-state index is 0.661. The first kappa shape index (κ1) is 8.42. The molecule has 13 heavy (non-hydrogen) atoms. The van der Waals surface area contributed by atoms with Crippen LogP contribution in [0.1, 0.15) is 30.3 Å². The Morgan fingerprint density at radius 2 is 2.23 bits per heavy atom. The van der Waals surface area contributed by atoms with Crippen molar-refractivity contribution < 1.29 is 0 Å². The van der Waals surface area contributed by atoms with E-state index < -0.39 is 0 Å². The summed E-state index contributed by atoms with van der Waals surface area (Å²) in [5.74, 6) is 0.661. The van der Waals surface area contributed by atoms with Gasteiger partial charge in [-0.15, -0.1) is 0 Å². The van der Waals surface area contributed by atoms with Crippen molar-refractivity contribution >= 4 is 6.08 Å². The number of rotatable bonds is 0. The van der Waals surface area contributed by atoms with Gasteiger partial charge in [0.15, 0.2) is 0 Å². The topological polar surface area (TPSA) is 25.8 Å². The number of nitrogens with zero attached hydrogens (tertiary/aromatic N) is 2. The van der Waals surface area contributed by atoms with Crippen molar-refractivity contribution in [2.75, 3.05) is 0 Å². The summed E-state index contributed by atoms with van der Waals surface area (Å²) in [4.78, 5) is 8.51. The number of aromatic nitrogens is 2. The van der Waals surface area contributed by atoms with E-state index in [2.05, 4.69) is 29.0 Å². The molecule has 1 aromatic rings. The normalized spacial score (nSPS) is 20.9. The molecule has 1 aliphatic carbocycles. The zero-order chi connectivity index (χ0) is 9.26. The third-order valence-corrected chi connectivity index (χ3v) is 2.59. The van der Waals surface area contributed by atoms with Gasteiger partial charge in [-0.2, -0.15) is 0 Å². The first-order chi connectivity index (χ1) is 6.27. The largest absolute Gasteiger partial charge is 0.241 e. The fourth-order valence-electron chi connectivity index (χ4n) is 1.67. The highest BCUT2D eigenvalue weighted by Gasteiger charge is 2.10. The smallest absolute Gasteiger partial charge is 0.115 e. The second kappa shape index (κ2) is 3.29. The highest BCUT2D eigenvalue weighted by Crippen LogP contribution is 2.21. The van der Waals surface area contributed by atoms with Gasteiger partial charge >= 0.3 is 0 Å². The Kier molecular flexibility index (Phi) is 2.13. The summed E-state index contributed by atoms with van der Waals surface area (Å²) < 4.78 is 0. The first-order valence-electron chi connectivity index (χ1n) is 4.76. The van der Waals surface area contributed by atoms with Crippen LogP contribution in [0.5, 0.6) is 0 Å². The van der Waals surface area contributed by atoms with Crippen LogP contribution in [0.25, 0.3) is 6.08 Å². The Bertz CT molecular complexity index is 342. The average molecular weight is 174 g/mol. The van der Waals surface area contributed by atoms with E-state index >= 15 is 0 Å². The quantitative estimate of drug-likeness (QED) is 0.603. The number of allylic oxidation sites excluding steroid dienone is 1. The Labute approximate surface area is 78.7 Å². The van der Waals surface area contributed by atoms with Gasteiger partial charge in [-0.1, -0.05) is 19.1 Å². The molecule has 2 nitrogen and oxygen atoms in total. The number of aryl methyl sites for hydroxylation is 2. The van der Waals surface area contributed by atoms with Crippen molar-refractivity contribution in [1.29, 1.82) is 0 Å². The van der Waals surface area contributed by atoms with Gasteiger partial charge in [-0.3, -0.25) is 0 Å². The lowest BCUT2D eigenvalue weighted by Gasteiger charge is -2.04. The molecule has 1 heterocycles. The number of fused-ring (bicyclic) bond motifs is 1. The number of hydrogen-bond acceptors (Lipinski definition) is 2. The summed E-state index contributed by atoms with van der Waals surface area (Å²) in [5.41, 5.74) is 3.52. The Morgan fingerprint density at radius 3 is 3.08 bits per heavy atom. The second-order valence-corrected chi connectivity index (χ2v) is 3.69. The summed E-state index contributed by atoms with van der Waals surface area (Å²) in [5, 5.41) is 0. The summed E-state index contributed by atoms with van der Waals surface area (Å²) in [6.45, 7) is 4.28. The lowest BCUT2D eigenvalue weighted by molar-refractivity contribution is 0.646. The van der Waals surface area contributed by atoms with Crippen LogP contribution in [-0.2, 0) is 6.42 Å². The maximum Gasteiger partial charge on any atom is 0.115 e. The van der Waals surface area contributed by atoms with Gasteiger partial charge in [-0.05, 0) is 25.7 Å². The number of hydrogen-bond donors (Lipinski definition) is 0. The van der Waals surface area contributed by atoms with Crippen LogP contribution in [0.3, 0.4) is 0 Å². The SMILES string of the molecule is Cc1ncnc2c1C=CC(C)CC2. The molecule has 0 amide bonds. The monoisotopic (exact) mass is 174 g/mol. The van der Waals surface area contributed by atoms with Crippen LogP contribution in [0.4, 0.5) is 0 Å². The van der Waals surface area contributed by atoms with Crippen molar-refractivity contribution in [1.82, 2.24) is 9.97 Å². The van der Waals surface area contributed by atoms with Crippen molar-refractivity contribution in [3.63, 3.8) is 0 Å². The average Bonchev–Trinajstić information content (AvgIpc) is 2.30. The minimum Gasteiger partial charge on any atom is -0.241 e. The maximum absolute atomic E-state index is 4.31. The zero-order valence-corrected chi connectivity index (χ0v) is 8.12. The fourth-order valence-corrected chi connectivity index (χ4v) is 1.67. The van der Waals surface area contributed by atoms with E-state index in [1.54, 1.807) is 6.33 Å². The van der Waals surface area contributed by atoms with E-state index in [1.165, 1.54) is 17.7 Å². The van der Waals surface area contributed by atoms with Gasteiger partial charge in [-0.25, -0.2) is 9.97 Å². The van der Waals surface area contributed by atoms with E-state index in [9.17, 15) is 0 Å². The lowest BCUT2D eigenvalue weighted by Crippen LogP contribution is -1.98. The molecule has 0 aliphatic heterocycles. The molecule has 0 N–H and O–H groups in total. The molecular weight excluding hydrogens is 160 g/mol. The highest BCUT2D eigenvalue weighted by molar-refractivity contribution is 5.55. The van der Waals surface area contributed by atoms with Crippen LogP contribution >= 0.6 is 0 Å². The molecule has 1 atom stereocenters. The predicted molar refractivity (Wildman–Crippen MR) is 53.3 cm³/mol. The molecule has 0 fully saturated rings. The fraction of sp³-hybridized carbons (Fsp3) is 0.455. The summed E-state index contributed by atoms with van der Waals surface area (Å²) in [6, 6.07) is 0. The molecule has 0 spiro atoms. The third-order valence-electron chi connectivity index (χ3n) is 2.59. The van der Waals surface area contributed by atoms with Crippen molar-refractivity contribution in [3.05, 3.63) is 29.4 Å². The van der Waals surface area contributed by atoms with Crippen LogP contribution in [0.15, 0.2) is 12.4 Å². The maximum atomic E-state index is 4.31. The Balaban J connectivity index is 2.47. The van der Waals surface area contributed by atoms with E-state index in [0.29, 0.717) is 5.92 Å². The van der Waals surface area contributed by atoms with Gasteiger partial charge < -0.3 is 0 Å². The van der Waals surface area contributed by atoms with Crippen molar-refractivity contribution in [3.8, 4) is 0 Å². The molecule has 0 aromatic carbocycles.